The van der Waals surface area contributed by atoms with Crippen molar-refractivity contribution in [3.63, 3.8) is 0 Å². The van der Waals surface area contributed by atoms with Crippen molar-refractivity contribution in [2.75, 3.05) is 0 Å². The first kappa shape index (κ1) is 67.1. The highest BCUT2D eigenvalue weighted by Gasteiger charge is 2.43. The predicted octanol–water partition coefficient (Wildman–Crippen LogP) is 27.4. The van der Waals surface area contributed by atoms with E-state index in [0.29, 0.717) is 19.6 Å². The van der Waals surface area contributed by atoms with Crippen LogP contribution in [-0.2, 0) is 25.0 Å². The van der Waals surface area contributed by atoms with E-state index in [0.717, 1.165) is 136 Å². The normalized spacial score (nSPS) is 12.4. The van der Waals surface area contributed by atoms with Crippen molar-refractivity contribution in [2.45, 2.75) is 51.7 Å². The fourth-order valence-corrected chi connectivity index (χ4v) is 18.9. The Morgan fingerprint density at radius 2 is 0.513 bits per heavy atom. The molecule has 6 heteroatoms. The summed E-state index contributed by atoms with van der Waals surface area (Å²) in [7, 11) is 0. The molecule has 0 saturated heterocycles. The molecular formula is C107H78N6. The minimum atomic E-state index is -0.436. The summed E-state index contributed by atoms with van der Waals surface area (Å²) in [6.45, 7) is 6.41. The van der Waals surface area contributed by atoms with Crippen molar-refractivity contribution in [2.24, 2.45) is 0 Å². The lowest BCUT2D eigenvalue weighted by molar-refractivity contribution is 0.489. The number of nitrogens with zero attached hydrogens (tertiary/aromatic N) is 6. The topological polar surface area (TPSA) is 53.5 Å². The molecular weight excluding hydrogens is 1370 g/mol. The lowest BCUT2D eigenvalue weighted by Gasteiger charge is -2.31. The molecule has 20 aromatic rings. The van der Waals surface area contributed by atoms with Crippen LogP contribution in [0.4, 0.5) is 0 Å². The van der Waals surface area contributed by atoms with Crippen LogP contribution < -0.4 is 0 Å². The Labute approximate surface area is 657 Å². The van der Waals surface area contributed by atoms with Gasteiger partial charge in [-0.05, 0) is 135 Å². The van der Waals surface area contributed by atoms with E-state index in [9.17, 15) is 0 Å². The molecule has 0 fully saturated rings. The van der Waals surface area contributed by atoms with E-state index in [1.165, 1.54) is 82.0 Å². The average Bonchev–Trinajstić information content (AvgIpc) is 1.56. The minimum Gasteiger partial charge on any atom is -0.319 e. The zero-order valence-electron chi connectivity index (χ0n) is 63.0. The van der Waals surface area contributed by atoms with E-state index in [1.54, 1.807) is 0 Å². The number of aromatic nitrogens is 6. The summed E-state index contributed by atoms with van der Waals surface area (Å²) in [5.74, 6) is 2.77. The van der Waals surface area contributed by atoms with Crippen LogP contribution >= 0.6 is 0 Å². The van der Waals surface area contributed by atoms with Crippen molar-refractivity contribution in [1.29, 1.82) is 0 Å². The molecule has 0 radical (unpaired) electrons. The number of hydrogen-bond donors (Lipinski definition) is 0. The van der Waals surface area contributed by atoms with Crippen LogP contribution in [0.3, 0.4) is 0 Å². The maximum Gasteiger partial charge on any atom is 0.142 e. The molecule has 0 atom stereocenters. The van der Waals surface area contributed by atoms with Crippen molar-refractivity contribution < 1.29 is 0 Å². The van der Waals surface area contributed by atoms with Gasteiger partial charge in [-0.2, -0.15) is 0 Å². The SMILES string of the molecule is CCC1(CC)c2cc(Cn3c(-c4c5ccccc5cc5ccccc45)nc(-c4ccccc4)c3-c3ccccc3)ccc2-c2c(Cn3c(-c4c5ccccc5cc5ccccc45)nc(-c4ccccc4)c3-c3ccccc3)cc(Cn3c(-c4c5ccccc5cc5ccccc45)nc(-c4ccccc4)c3-c3ccccc3)cc21. The van der Waals surface area contributed by atoms with Gasteiger partial charge < -0.3 is 13.7 Å². The summed E-state index contributed by atoms with van der Waals surface area (Å²) in [5, 5.41) is 14.0. The molecule has 17 aromatic carbocycles. The second-order valence-corrected chi connectivity index (χ2v) is 30.3. The van der Waals surface area contributed by atoms with Crippen LogP contribution in [0.1, 0.15) is 54.5 Å². The maximum absolute atomic E-state index is 6.09. The molecule has 0 N–H and O–H groups in total. The first-order valence-corrected chi connectivity index (χ1v) is 39.6. The van der Waals surface area contributed by atoms with Gasteiger partial charge in [-0.15, -0.1) is 0 Å². The number of rotatable bonds is 17. The molecule has 0 unspecified atom stereocenters. The van der Waals surface area contributed by atoms with Crippen LogP contribution in [0, 0.1) is 0 Å². The number of hydrogen-bond acceptors (Lipinski definition) is 3. The molecule has 21 rings (SSSR count). The zero-order valence-corrected chi connectivity index (χ0v) is 63.0. The first-order valence-electron chi connectivity index (χ1n) is 39.6. The van der Waals surface area contributed by atoms with E-state index in [2.05, 4.69) is 404 Å². The number of fused-ring (bicyclic) bond motifs is 9. The van der Waals surface area contributed by atoms with Crippen LogP contribution in [0.5, 0.6) is 0 Å². The Morgan fingerprint density at radius 1 is 0.239 bits per heavy atom. The molecule has 6 nitrogen and oxygen atoms in total. The third kappa shape index (κ3) is 11.3. The van der Waals surface area contributed by atoms with Crippen molar-refractivity contribution in [3.8, 4) is 113 Å². The molecule has 0 bridgehead atoms. The fraction of sp³-hybridized carbons (Fsp3) is 0.0748. The summed E-state index contributed by atoms with van der Waals surface area (Å²) in [4.78, 5) is 18.1. The van der Waals surface area contributed by atoms with Crippen LogP contribution in [0.15, 0.2) is 376 Å². The molecule has 3 aromatic heterocycles. The molecule has 0 saturated carbocycles. The molecule has 0 amide bonds. The van der Waals surface area contributed by atoms with Crippen molar-refractivity contribution >= 4 is 64.6 Å². The van der Waals surface area contributed by atoms with Gasteiger partial charge in [0.15, 0.2) is 0 Å². The summed E-state index contributed by atoms with van der Waals surface area (Å²) in [6.07, 6.45) is 1.72. The Kier molecular flexibility index (Phi) is 16.5. The smallest absolute Gasteiger partial charge is 0.142 e. The summed E-state index contributed by atoms with van der Waals surface area (Å²) in [6, 6.07) is 138. The second kappa shape index (κ2) is 27.8. The van der Waals surface area contributed by atoms with Crippen LogP contribution in [-0.4, -0.2) is 28.7 Å². The molecule has 536 valence electrons. The molecule has 0 aliphatic heterocycles. The molecule has 113 heavy (non-hydrogen) atoms. The number of imidazole rings is 3. The predicted molar refractivity (Wildman–Crippen MR) is 471 cm³/mol. The maximum atomic E-state index is 6.09. The van der Waals surface area contributed by atoms with Gasteiger partial charge in [0.05, 0.1) is 40.7 Å². The third-order valence-electron chi connectivity index (χ3n) is 24.1. The molecule has 1 aliphatic carbocycles. The van der Waals surface area contributed by atoms with E-state index < -0.39 is 5.41 Å². The summed E-state index contributed by atoms with van der Waals surface area (Å²) >= 11 is 0. The first-order chi connectivity index (χ1) is 55.9. The van der Waals surface area contributed by atoms with Crippen molar-refractivity contribution in [1.82, 2.24) is 28.7 Å². The van der Waals surface area contributed by atoms with Crippen LogP contribution in [0.25, 0.3) is 177 Å². The zero-order chi connectivity index (χ0) is 75.1. The fourth-order valence-electron chi connectivity index (χ4n) is 18.9. The quantitative estimate of drug-likeness (QED) is 0.0854. The second-order valence-electron chi connectivity index (χ2n) is 30.3. The van der Waals surface area contributed by atoms with Gasteiger partial charge in [0.25, 0.3) is 0 Å². The van der Waals surface area contributed by atoms with Gasteiger partial charge in [0.1, 0.15) is 17.5 Å². The van der Waals surface area contributed by atoms with Gasteiger partial charge in [-0.3, -0.25) is 0 Å². The van der Waals surface area contributed by atoms with E-state index in [4.69, 9.17) is 15.0 Å². The standard InChI is InChI=1S/C107H78N6/c1-3-107(4-2)92-62-70(67-111-101(75-41-17-8-18-42-75)98(72-35-11-5-12-36-72)108-104(111)95-85-53-29-23-47-78(85)64-79-48-24-30-54-86(79)95)59-60-91(92)94-84(69-113-103(77-45-21-10-22-46-77)100(74-39-15-7-16-40-74)110-106(113)97-89-57-33-27-51-82(89)66-83-52-28-34-58-90(83)97)61-71(63-93(94)107)68-112-102(76-43-19-9-20-44-76)99(73-37-13-6-14-38-73)109-105(112)96-87-55-31-25-49-80(87)65-81-50-26-32-56-88(81)96/h5-66H,3-4,67-69H2,1-2H3. The third-order valence-corrected chi connectivity index (χ3v) is 24.1. The summed E-state index contributed by atoms with van der Waals surface area (Å²) < 4.78 is 7.71. The highest BCUT2D eigenvalue weighted by atomic mass is 15.1. The van der Waals surface area contributed by atoms with Gasteiger partial charge in [-0.25, -0.2) is 15.0 Å². The Morgan fingerprint density at radius 3 is 0.832 bits per heavy atom. The number of benzene rings is 17. The van der Waals surface area contributed by atoms with Gasteiger partial charge in [-0.1, -0.05) is 372 Å². The Balaban J connectivity index is 0.847. The van der Waals surface area contributed by atoms with Gasteiger partial charge >= 0.3 is 0 Å². The Hall–Kier alpha value is -14.1. The van der Waals surface area contributed by atoms with E-state index >= 15 is 0 Å². The summed E-state index contributed by atoms with van der Waals surface area (Å²) in [5.41, 5.74) is 24.3. The highest BCUT2D eigenvalue weighted by molar-refractivity contribution is 6.15. The lowest BCUT2D eigenvalue weighted by atomic mass is 9.73. The van der Waals surface area contributed by atoms with Crippen molar-refractivity contribution in [3.05, 3.63) is 404 Å². The monoisotopic (exact) mass is 1450 g/mol. The molecule has 1 aliphatic rings. The largest absolute Gasteiger partial charge is 0.319 e. The molecule has 0 spiro atoms. The molecule has 3 heterocycles. The Bertz CT molecular complexity index is 6910. The van der Waals surface area contributed by atoms with E-state index in [1.807, 2.05) is 0 Å². The van der Waals surface area contributed by atoms with Gasteiger partial charge in [0, 0.05) is 68.6 Å². The minimum absolute atomic E-state index is 0.436. The van der Waals surface area contributed by atoms with E-state index in [-0.39, 0.29) is 0 Å². The van der Waals surface area contributed by atoms with Crippen LogP contribution in [0.2, 0.25) is 0 Å². The lowest BCUT2D eigenvalue weighted by Crippen LogP contribution is -2.24. The highest BCUT2D eigenvalue weighted by Crippen LogP contribution is 2.56. The average molecular weight is 1450 g/mol. The van der Waals surface area contributed by atoms with Gasteiger partial charge in [0.2, 0.25) is 0 Å².